The zero-order chi connectivity index (χ0) is 17.7. The fourth-order valence-electron chi connectivity index (χ4n) is 2.40. The Labute approximate surface area is 146 Å². The lowest BCUT2D eigenvalue weighted by Crippen LogP contribution is -2.23. The molecule has 1 heterocycles. The van der Waals surface area contributed by atoms with E-state index in [0.717, 1.165) is 16.6 Å². The van der Waals surface area contributed by atoms with Gasteiger partial charge in [-0.1, -0.05) is 38.2 Å². The van der Waals surface area contributed by atoms with Crippen LogP contribution in [0.3, 0.4) is 0 Å². The highest BCUT2D eigenvalue weighted by molar-refractivity contribution is 7.16. The molecule has 5 nitrogen and oxygen atoms in total. The summed E-state index contributed by atoms with van der Waals surface area (Å²) in [6.07, 6.45) is 1.16. The summed E-state index contributed by atoms with van der Waals surface area (Å²) in [5.41, 5.74) is 2.12. The van der Waals surface area contributed by atoms with Crippen LogP contribution in [0.4, 0.5) is 0 Å². The summed E-state index contributed by atoms with van der Waals surface area (Å²) in [6.45, 7) is 8.39. The van der Waals surface area contributed by atoms with Gasteiger partial charge in [0.05, 0.1) is 16.8 Å². The minimum atomic E-state index is -0.325. The van der Waals surface area contributed by atoms with Crippen LogP contribution in [0.15, 0.2) is 23.2 Å². The van der Waals surface area contributed by atoms with Crippen LogP contribution in [0, 0.1) is 0 Å². The molecule has 1 aromatic heterocycles. The topological polar surface area (TPSA) is 60.7 Å². The second-order valence-electron chi connectivity index (χ2n) is 5.91. The highest BCUT2D eigenvalue weighted by Crippen LogP contribution is 2.23. The highest BCUT2D eigenvalue weighted by atomic mass is 32.1. The van der Waals surface area contributed by atoms with Gasteiger partial charge in [0.15, 0.2) is 4.80 Å². The summed E-state index contributed by atoms with van der Waals surface area (Å²) in [5.74, 6) is -0.0719. The van der Waals surface area contributed by atoms with Crippen molar-refractivity contribution in [3.8, 4) is 0 Å². The van der Waals surface area contributed by atoms with Crippen LogP contribution in [0.25, 0.3) is 10.2 Å². The maximum absolute atomic E-state index is 11.9. The summed E-state index contributed by atoms with van der Waals surface area (Å²) in [7, 11) is 0. The molecule has 1 aromatic carbocycles. The molecule has 1 amide bonds. The highest BCUT2D eigenvalue weighted by Gasteiger charge is 2.13. The van der Waals surface area contributed by atoms with Crippen molar-refractivity contribution < 1.29 is 14.3 Å². The average molecular weight is 348 g/mol. The summed E-state index contributed by atoms with van der Waals surface area (Å²) in [4.78, 5) is 28.6. The Balaban J connectivity index is 2.56. The van der Waals surface area contributed by atoms with E-state index in [4.69, 9.17) is 4.74 Å². The summed E-state index contributed by atoms with van der Waals surface area (Å²) in [5, 5.41) is 0. The predicted octanol–water partition coefficient (Wildman–Crippen LogP) is 3.62. The molecule has 0 saturated heterocycles. The molecule has 6 heteroatoms. The van der Waals surface area contributed by atoms with Gasteiger partial charge in [-0.2, -0.15) is 4.99 Å². The van der Waals surface area contributed by atoms with Gasteiger partial charge in [0.1, 0.15) is 6.54 Å². The molecule has 0 N–H and O–H groups in total. The van der Waals surface area contributed by atoms with Crippen molar-refractivity contribution >= 4 is 33.4 Å². The van der Waals surface area contributed by atoms with Gasteiger partial charge in [0, 0.05) is 6.42 Å². The van der Waals surface area contributed by atoms with Crippen molar-refractivity contribution in [2.45, 2.75) is 53.0 Å². The molecule has 2 rings (SSSR count). The molecule has 0 spiro atoms. The second-order valence-corrected chi connectivity index (χ2v) is 6.92. The first-order valence-corrected chi connectivity index (χ1v) is 9.14. The van der Waals surface area contributed by atoms with Gasteiger partial charge >= 0.3 is 5.97 Å². The summed E-state index contributed by atoms with van der Waals surface area (Å²) in [6, 6.07) is 6.15. The minimum Gasteiger partial charge on any atom is -0.465 e. The third-order valence-corrected chi connectivity index (χ3v) is 4.69. The normalized spacial score (nSPS) is 12.1. The lowest BCUT2D eigenvalue weighted by atomic mass is 10.0. The molecule has 2 aromatic rings. The predicted molar refractivity (Wildman–Crippen MR) is 96.0 cm³/mol. The molecule has 130 valence electrons. The van der Waals surface area contributed by atoms with Crippen molar-refractivity contribution in [1.29, 1.82) is 0 Å². The van der Waals surface area contributed by atoms with Crippen LogP contribution in [-0.2, 0) is 20.9 Å². The number of benzene rings is 1. The van der Waals surface area contributed by atoms with E-state index >= 15 is 0 Å². The van der Waals surface area contributed by atoms with Crippen molar-refractivity contribution in [2.75, 3.05) is 6.61 Å². The smallest absolute Gasteiger partial charge is 0.326 e. The Bertz CT molecular complexity index is 802. The van der Waals surface area contributed by atoms with Crippen molar-refractivity contribution in [3.63, 3.8) is 0 Å². The number of thiazole rings is 1. The number of aromatic nitrogens is 1. The summed E-state index contributed by atoms with van der Waals surface area (Å²) < 4.78 is 7.85. The monoisotopic (exact) mass is 348 g/mol. The average Bonchev–Trinajstić information content (AvgIpc) is 2.84. The molecule has 0 fully saturated rings. The number of carbonyl (C=O) groups excluding carboxylic acids is 2. The first-order chi connectivity index (χ1) is 11.5. The van der Waals surface area contributed by atoms with Crippen LogP contribution in [0.5, 0.6) is 0 Å². The van der Waals surface area contributed by atoms with E-state index in [1.54, 1.807) is 11.5 Å². The number of nitrogens with zero attached hydrogens (tertiary/aromatic N) is 2. The SMILES string of the molecule is CCCC(=O)N=c1sc2cc(C(C)C)ccc2n1CC(=O)OCC. The van der Waals surface area contributed by atoms with Gasteiger partial charge < -0.3 is 9.30 Å². The number of esters is 1. The van der Waals surface area contributed by atoms with E-state index < -0.39 is 0 Å². The third-order valence-electron chi connectivity index (χ3n) is 3.65. The first kappa shape index (κ1) is 18.4. The Morgan fingerprint density at radius 1 is 1.29 bits per heavy atom. The van der Waals surface area contributed by atoms with Crippen molar-refractivity contribution in [3.05, 3.63) is 28.6 Å². The number of hydrogen-bond donors (Lipinski definition) is 0. The van der Waals surface area contributed by atoms with E-state index in [-0.39, 0.29) is 18.4 Å². The van der Waals surface area contributed by atoms with Gasteiger partial charge in [0.25, 0.3) is 0 Å². The van der Waals surface area contributed by atoms with Gasteiger partial charge in [-0.25, -0.2) is 0 Å². The third kappa shape index (κ3) is 4.32. The van der Waals surface area contributed by atoms with Crippen LogP contribution in [-0.4, -0.2) is 23.1 Å². The fraction of sp³-hybridized carbons (Fsp3) is 0.500. The van der Waals surface area contributed by atoms with Crippen molar-refractivity contribution in [2.24, 2.45) is 4.99 Å². The fourth-order valence-corrected chi connectivity index (χ4v) is 3.49. The van der Waals surface area contributed by atoms with Gasteiger partial charge in [-0.05, 0) is 37.0 Å². The van der Waals surface area contributed by atoms with Gasteiger partial charge in [0.2, 0.25) is 5.91 Å². The molecule has 0 aliphatic rings. The Hall–Kier alpha value is -1.95. The van der Waals surface area contributed by atoms with Crippen LogP contribution in [0.1, 0.15) is 52.0 Å². The molecule has 0 saturated carbocycles. The van der Waals surface area contributed by atoms with E-state index in [9.17, 15) is 9.59 Å². The minimum absolute atomic E-state index is 0.0626. The lowest BCUT2D eigenvalue weighted by molar-refractivity contribution is -0.143. The zero-order valence-electron chi connectivity index (χ0n) is 14.7. The van der Waals surface area contributed by atoms with E-state index in [2.05, 4.69) is 31.0 Å². The molecule has 24 heavy (non-hydrogen) atoms. The number of ether oxygens (including phenoxy) is 1. The molecule has 0 unspecified atom stereocenters. The molecular weight excluding hydrogens is 324 g/mol. The molecule has 0 radical (unpaired) electrons. The first-order valence-electron chi connectivity index (χ1n) is 8.32. The van der Waals surface area contributed by atoms with E-state index in [0.29, 0.717) is 23.7 Å². The molecule has 0 aliphatic heterocycles. The van der Waals surface area contributed by atoms with Crippen LogP contribution < -0.4 is 4.80 Å². The zero-order valence-corrected chi connectivity index (χ0v) is 15.5. The second kappa shape index (κ2) is 8.24. The Morgan fingerprint density at radius 2 is 2.04 bits per heavy atom. The van der Waals surface area contributed by atoms with E-state index in [1.807, 2.05) is 13.0 Å². The van der Waals surface area contributed by atoms with Gasteiger partial charge in [-0.3, -0.25) is 9.59 Å². The van der Waals surface area contributed by atoms with Crippen molar-refractivity contribution in [1.82, 2.24) is 4.57 Å². The molecular formula is C18H24N2O3S. The maximum atomic E-state index is 11.9. The molecule has 0 aliphatic carbocycles. The maximum Gasteiger partial charge on any atom is 0.326 e. The number of hydrogen-bond acceptors (Lipinski definition) is 4. The quantitative estimate of drug-likeness (QED) is 0.749. The number of rotatable bonds is 6. The van der Waals surface area contributed by atoms with Crippen LogP contribution in [0.2, 0.25) is 0 Å². The van der Waals surface area contributed by atoms with Crippen LogP contribution >= 0.6 is 11.3 Å². The van der Waals surface area contributed by atoms with E-state index in [1.165, 1.54) is 16.9 Å². The summed E-state index contributed by atoms with van der Waals surface area (Å²) >= 11 is 1.44. The number of carbonyl (C=O) groups is 2. The Kier molecular flexibility index (Phi) is 6.31. The molecule has 0 bridgehead atoms. The number of fused-ring (bicyclic) bond motifs is 1. The number of amides is 1. The standard InChI is InChI=1S/C18H24N2O3S/c1-5-7-16(21)19-18-20(11-17(22)23-6-2)14-9-8-13(12(3)4)10-15(14)24-18/h8-10,12H,5-7,11H2,1-4H3. The largest absolute Gasteiger partial charge is 0.465 e. The lowest BCUT2D eigenvalue weighted by Gasteiger charge is -2.07. The molecule has 0 atom stereocenters. The Morgan fingerprint density at radius 3 is 2.67 bits per heavy atom. The van der Waals surface area contributed by atoms with Gasteiger partial charge in [-0.15, -0.1) is 0 Å².